The quantitative estimate of drug-likeness (QED) is 0.324. The molecule has 0 unspecified atom stereocenters. The zero-order valence-corrected chi connectivity index (χ0v) is 19.2. The van der Waals surface area contributed by atoms with Crippen molar-refractivity contribution in [2.24, 2.45) is 0 Å². The third kappa shape index (κ3) is 4.90. The molecule has 7 heteroatoms. The van der Waals surface area contributed by atoms with Gasteiger partial charge in [-0.25, -0.2) is 12.6 Å². The van der Waals surface area contributed by atoms with E-state index in [1.54, 1.807) is 121 Å². The van der Waals surface area contributed by atoms with Gasteiger partial charge in [0.25, 0.3) is 8.87 Å². The standard InChI is InChI=1S/C26H22O5S2/c27-32(28,26(23-17-9-3-10-18-23)24-19-11-4-12-20-24)33(29,30)31-25(21-13-5-1-6-14-21)22-15-7-2-8-16-22/h1-20,25-26H. The van der Waals surface area contributed by atoms with Crippen molar-refractivity contribution in [2.45, 2.75) is 11.4 Å². The van der Waals surface area contributed by atoms with Gasteiger partial charge in [-0.1, -0.05) is 121 Å². The van der Waals surface area contributed by atoms with E-state index in [1.807, 2.05) is 0 Å². The number of hydrogen-bond acceptors (Lipinski definition) is 5. The summed E-state index contributed by atoms with van der Waals surface area (Å²) < 4.78 is 59.5. The second-order valence-electron chi connectivity index (χ2n) is 7.40. The van der Waals surface area contributed by atoms with Gasteiger partial charge < -0.3 is 0 Å². The number of benzene rings is 4. The highest BCUT2D eigenvalue weighted by Crippen LogP contribution is 2.37. The van der Waals surface area contributed by atoms with Crippen LogP contribution in [-0.2, 0) is 22.2 Å². The lowest BCUT2D eigenvalue weighted by molar-refractivity contribution is 0.260. The van der Waals surface area contributed by atoms with Gasteiger partial charge in [-0.05, 0) is 22.3 Å². The summed E-state index contributed by atoms with van der Waals surface area (Å²) in [5, 5.41) is -1.43. The van der Waals surface area contributed by atoms with Crippen LogP contribution >= 0.6 is 0 Å². The largest absolute Gasteiger partial charge is 0.377 e. The van der Waals surface area contributed by atoms with Crippen molar-refractivity contribution in [2.75, 3.05) is 0 Å². The molecule has 0 saturated heterocycles. The van der Waals surface area contributed by atoms with Gasteiger partial charge in [-0.2, -0.15) is 8.42 Å². The van der Waals surface area contributed by atoms with Crippen LogP contribution in [0.2, 0.25) is 0 Å². The van der Waals surface area contributed by atoms with E-state index in [0.717, 1.165) is 0 Å². The van der Waals surface area contributed by atoms with Crippen molar-refractivity contribution in [3.05, 3.63) is 144 Å². The minimum Gasteiger partial charge on any atom is -0.245 e. The first-order chi connectivity index (χ1) is 15.9. The van der Waals surface area contributed by atoms with Crippen molar-refractivity contribution in [3.8, 4) is 0 Å². The molecule has 4 aromatic rings. The molecule has 0 bridgehead atoms. The highest BCUT2D eigenvalue weighted by Gasteiger charge is 2.43. The summed E-state index contributed by atoms with van der Waals surface area (Å²) in [5.41, 5.74) is 1.73. The molecule has 0 radical (unpaired) electrons. The zero-order chi connectivity index (χ0) is 23.3. The monoisotopic (exact) mass is 478 g/mol. The summed E-state index contributed by atoms with van der Waals surface area (Å²) >= 11 is 0. The van der Waals surface area contributed by atoms with Crippen molar-refractivity contribution in [3.63, 3.8) is 0 Å². The lowest BCUT2D eigenvalue weighted by atomic mass is 10.0. The van der Waals surface area contributed by atoms with Crippen LogP contribution in [0.5, 0.6) is 0 Å². The summed E-state index contributed by atoms with van der Waals surface area (Å²) in [6.45, 7) is 0. The molecule has 168 valence electrons. The Hall–Kier alpha value is -3.26. The first-order valence-corrected chi connectivity index (χ1v) is 13.7. The Kier molecular flexibility index (Phi) is 6.74. The van der Waals surface area contributed by atoms with Crippen LogP contribution in [0.1, 0.15) is 33.6 Å². The predicted molar refractivity (Wildman–Crippen MR) is 128 cm³/mol. The molecule has 0 saturated carbocycles. The molecule has 0 N–H and O–H groups in total. The average Bonchev–Trinajstić information content (AvgIpc) is 2.85. The van der Waals surface area contributed by atoms with Crippen LogP contribution < -0.4 is 0 Å². The summed E-state index contributed by atoms with van der Waals surface area (Å²) in [6, 6.07) is 33.9. The fraction of sp³-hybridized carbons (Fsp3) is 0.0769. The molecular formula is C26H22O5S2. The predicted octanol–water partition coefficient (Wildman–Crippen LogP) is 5.24. The Morgan fingerprint density at radius 1 is 0.455 bits per heavy atom. The van der Waals surface area contributed by atoms with E-state index in [4.69, 9.17) is 4.18 Å². The van der Waals surface area contributed by atoms with Gasteiger partial charge in [0.15, 0.2) is 0 Å². The van der Waals surface area contributed by atoms with Gasteiger partial charge in [0.05, 0.1) is 0 Å². The summed E-state index contributed by atoms with van der Waals surface area (Å²) in [7, 11) is -9.95. The fourth-order valence-corrected chi connectivity index (χ4v) is 7.35. The second kappa shape index (κ2) is 9.70. The molecule has 0 atom stereocenters. The Morgan fingerprint density at radius 2 is 0.758 bits per heavy atom. The Balaban J connectivity index is 1.81. The van der Waals surface area contributed by atoms with E-state index in [-0.39, 0.29) is 0 Å². The van der Waals surface area contributed by atoms with Crippen molar-refractivity contribution >= 4 is 18.0 Å². The lowest BCUT2D eigenvalue weighted by Crippen LogP contribution is -2.27. The Labute approximate surface area is 193 Å². The van der Waals surface area contributed by atoms with E-state index in [1.165, 1.54) is 0 Å². The maximum Gasteiger partial charge on any atom is 0.377 e. The molecule has 0 aliphatic rings. The van der Waals surface area contributed by atoms with Gasteiger partial charge in [0.1, 0.15) is 11.4 Å². The highest BCUT2D eigenvalue weighted by molar-refractivity contribution is 8.65. The van der Waals surface area contributed by atoms with Crippen LogP contribution in [0.15, 0.2) is 121 Å². The Morgan fingerprint density at radius 3 is 1.09 bits per heavy atom. The van der Waals surface area contributed by atoms with E-state index in [9.17, 15) is 16.8 Å². The second-order valence-corrected chi connectivity index (χ2v) is 12.5. The molecule has 5 nitrogen and oxygen atoms in total. The average molecular weight is 479 g/mol. The van der Waals surface area contributed by atoms with Gasteiger partial charge in [0, 0.05) is 0 Å². The van der Waals surface area contributed by atoms with E-state index >= 15 is 0 Å². The van der Waals surface area contributed by atoms with Gasteiger partial charge in [-0.15, -0.1) is 0 Å². The molecule has 0 aromatic heterocycles. The molecule has 33 heavy (non-hydrogen) atoms. The molecule has 0 heterocycles. The van der Waals surface area contributed by atoms with Crippen LogP contribution in [0.25, 0.3) is 0 Å². The number of hydrogen-bond donors (Lipinski definition) is 0. The number of rotatable bonds is 8. The van der Waals surface area contributed by atoms with Crippen molar-refractivity contribution in [1.29, 1.82) is 0 Å². The maximum absolute atomic E-state index is 13.6. The molecule has 0 amide bonds. The first-order valence-electron chi connectivity index (χ1n) is 10.3. The van der Waals surface area contributed by atoms with Crippen LogP contribution in [0, 0.1) is 0 Å². The highest BCUT2D eigenvalue weighted by atomic mass is 33.2. The van der Waals surface area contributed by atoms with Gasteiger partial charge in [-0.3, -0.25) is 0 Å². The normalized spacial score (nSPS) is 12.2. The minimum absolute atomic E-state index is 0.340. The molecule has 4 aromatic carbocycles. The third-order valence-corrected chi connectivity index (χ3v) is 9.84. The van der Waals surface area contributed by atoms with Crippen molar-refractivity contribution in [1.82, 2.24) is 0 Å². The molecular weight excluding hydrogens is 456 g/mol. The molecule has 0 aliphatic carbocycles. The van der Waals surface area contributed by atoms with Crippen LogP contribution in [0.3, 0.4) is 0 Å². The molecule has 4 rings (SSSR count). The summed E-state index contributed by atoms with van der Waals surface area (Å²) in [6.07, 6.45) is -1.11. The van der Waals surface area contributed by atoms with Gasteiger partial charge >= 0.3 is 9.15 Å². The van der Waals surface area contributed by atoms with E-state index in [2.05, 4.69) is 0 Å². The van der Waals surface area contributed by atoms with Crippen molar-refractivity contribution < 1.29 is 21.0 Å². The van der Waals surface area contributed by atoms with E-state index < -0.39 is 29.4 Å². The van der Waals surface area contributed by atoms with E-state index in [0.29, 0.717) is 22.3 Å². The SMILES string of the molecule is O=S(=O)(OC(c1ccccc1)c1ccccc1)S(=O)(=O)C(c1ccccc1)c1ccccc1. The molecule has 0 aliphatic heterocycles. The summed E-state index contributed by atoms with van der Waals surface area (Å²) in [4.78, 5) is 0. The topological polar surface area (TPSA) is 77.5 Å². The lowest BCUT2D eigenvalue weighted by Gasteiger charge is -2.22. The zero-order valence-electron chi connectivity index (χ0n) is 17.6. The Bertz CT molecular complexity index is 1310. The summed E-state index contributed by atoms with van der Waals surface area (Å²) in [5.74, 6) is 0. The first kappa shape index (κ1) is 22.9. The third-order valence-electron chi connectivity index (χ3n) is 5.20. The smallest absolute Gasteiger partial charge is 0.245 e. The van der Waals surface area contributed by atoms with Crippen LogP contribution in [0.4, 0.5) is 0 Å². The fourth-order valence-electron chi connectivity index (χ4n) is 3.63. The minimum atomic E-state index is -5.08. The maximum atomic E-state index is 13.6. The van der Waals surface area contributed by atoms with Crippen LogP contribution in [-0.4, -0.2) is 16.8 Å². The van der Waals surface area contributed by atoms with Gasteiger partial charge in [0.2, 0.25) is 0 Å². The molecule has 0 fully saturated rings. The molecule has 0 spiro atoms.